The number of likely N-dealkylation sites (tertiary alicyclic amines) is 1. The number of rotatable bonds is 4. The van der Waals surface area contributed by atoms with Crippen LogP contribution in [0.15, 0.2) is 24.4 Å². The fraction of sp³-hybridized carbons (Fsp3) is 0.533. The Balaban J connectivity index is 1.64. The van der Waals surface area contributed by atoms with Gasteiger partial charge in [0.25, 0.3) is 0 Å². The number of hydrogen-bond donors (Lipinski definition) is 0. The molecule has 0 aromatic carbocycles. The number of esters is 1. The predicted octanol–water partition coefficient (Wildman–Crippen LogP) is 2.10. The lowest BCUT2D eigenvalue weighted by Crippen LogP contribution is -2.38. The van der Waals surface area contributed by atoms with E-state index in [1.807, 2.05) is 40.4 Å². The first-order valence-corrected chi connectivity index (χ1v) is 8.03. The van der Waals surface area contributed by atoms with E-state index in [1.54, 1.807) is 0 Å². The van der Waals surface area contributed by atoms with Gasteiger partial charge in [0.1, 0.15) is 0 Å². The zero-order valence-electron chi connectivity index (χ0n) is 12.6. The van der Waals surface area contributed by atoms with Gasteiger partial charge in [-0.1, -0.05) is 6.07 Å². The summed E-state index contributed by atoms with van der Waals surface area (Å²) < 4.78 is 9.54. The Labute approximate surface area is 134 Å². The van der Waals surface area contributed by atoms with Crippen LogP contribution in [0.3, 0.4) is 0 Å². The Hall–Kier alpha value is -1.73. The van der Waals surface area contributed by atoms with E-state index in [9.17, 15) is 4.79 Å². The van der Waals surface area contributed by atoms with Crippen LogP contribution < -0.4 is 0 Å². The summed E-state index contributed by atoms with van der Waals surface area (Å²) >= 11 is 5.46. The largest absolute Gasteiger partial charge is 0.466 e. The summed E-state index contributed by atoms with van der Waals surface area (Å²) in [4.78, 5) is 14.0. The van der Waals surface area contributed by atoms with Crippen LogP contribution in [0, 0.1) is 10.7 Å². The minimum absolute atomic E-state index is 0.0326. The van der Waals surface area contributed by atoms with Gasteiger partial charge in [-0.2, -0.15) is 5.10 Å². The average Bonchev–Trinajstić information content (AvgIpc) is 2.85. The Kier molecular flexibility index (Phi) is 4.54. The molecule has 7 heteroatoms. The molecule has 0 saturated carbocycles. The molecule has 118 valence electrons. The predicted molar refractivity (Wildman–Crippen MR) is 84.9 cm³/mol. The summed E-state index contributed by atoms with van der Waals surface area (Å²) in [5.41, 5.74) is 0.855. The highest BCUT2D eigenvalue weighted by atomic mass is 32.1. The van der Waals surface area contributed by atoms with E-state index in [0.717, 1.165) is 31.6 Å². The molecule has 6 nitrogen and oxygen atoms in total. The fourth-order valence-corrected chi connectivity index (χ4v) is 3.07. The highest BCUT2D eigenvalue weighted by Gasteiger charge is 2.26. The van der Waals surface area contributed by atoms with Crippen LogP contribution in [-0.2, 0) is 16.2 Å². The summed E-state index contributed by atoms with van der Waals surface area (Å²) in [7, 11) is 0. The van der Waals surface area contributed by atoms with Gasteiger partial charge >= 0.3 is 5.97 Å². The maximum absolute atomic E-state index is 11.8. The Bertz CT molecular complexity index is 716. The lowest BCUT2D eigenvalue weighted by atomic mass is 9.97. The molecule has 0 bridgehead atoms. The van der Waals surface area contributed by atoms with E-state index < -0.39 is 0 Å². The second-order valence-electron chi connectivity index (χ2n) is 5.50. The topological polar surface area (TPSA) is 51.8 Å². The molecule has 1 fully saturated rings. The maximum atomic E-state index is 11.8. The van der Waals surface area contributed by atoms with Crippen molar-refractivity contribution in [2.45, 2.75) is 26.4 Å². The van der Waals surface area contributed by atoms with Gasteiger partial charge in [-0.3, -0.25) is 14.1 Å². The van der Waals surface area contributed by atoms with Crippen molar-refractivity contribution >= 4 is 23.8 Å². The van der Waals surface area contributed by atoms with Crippen molar-refractivity contribution in [3.63, 3.8) is 0 Å². The van der Waals surface area contributed by atoms with Crippen molar-refractivity contribution in [3.05, 3.63) is 29.2 Å². The zero-order chi connectivity index (χ0) is 15.5. The Morgan fingerprint density at radius 2 is 2.18 bits per heavy atom. The molecule has 3 heterocycles. The molecule has 22 heavy (non-hydrogen) atoms. The van der Waals surface area contributed by atoms with Crippen molar-refractivity contribution < 1.29 is 9.53 Å². The van der Waals surface area contributed by atoms with Crippen molar-refractivity contribution in [2.24, 2.45) is 5.92 Å². The molecule has 0 unspecified atom stereocenters. The number of aromatic nitrogens is 3. The molecular weight excluding hydrogens is 300 g/mol. The molecule has 0 aliphatic carbocycles. The molecule has 1 saturated heterocycles. The summed E-state index contributed by atoms with van der Waals surface area (Å²) in [6.07, 6.45) is 3.59. The first-order valence-electron chi connectivity index (χ1n) is 7.62. The van der Waals surface area contributed by atoms with Gasteiger partial charge in [-0.05, 0) is 44.1 Å². The number of hydrogen-bond acceptors (Lipinski definition) is 5. The lowest BCUT2D eigenvalue weighted by molar-refractivity contribution is -0.149. The van der Waals surface area contributed by atoms with Crippen LogP contribution in [0.2, 0.25) is 0 Å². The smallest absolute Gasteiger partial charge is 0.309 e. The third-order valence-electron chi connectivity index (χ3n) is 4.03. The minimum Gasteiger partial charge on any atom is -0.466 e. The molecule has 0 N–H and O–H groups in total. The Morgan fingerprint density at radius 3 is 2.86 bits per heavy atom. The van der Waals surface area contributed by atoms with Gasteiger partial charge < -0.3 is 4.74 Å². The summed E-state index contributed by atoms with van der Waals surface area (Å²) in [5.74, 6) is -0.0308. The summed E-state index contributed by atoms with van der Waals surface area (Å²) in [6.45, 7) is 4.68. The SMILES string of the molecule is CCOC(=O)C1CCN(Cn2nc3ccccn3c2=S)CC1. The van der Waals surface area contributed by atoms with Gasteiger partial charge in [-0.25, -0.2) is 4.68 Å². The number of nitrogens with zero attached hydrogens (tertiary/aromatic N) is 4. The number of carbonyl (C=O) groups excluding carboxylic acids is 1. The summed E-state index contributed by atoms with van der Waals surface area (Å²) in [6, 6.07) is 5.84. The highest BCUT2D eigenvalue weighted by molar-refractivity contribution is 7.71. The normalized spacial score (nSPS) is 17.0. The molecule has 0 amide bonds. The maximum Gasteiger partial charge on any atom is 0.309 e. The second kappa shape index (κ2) is 6.58. The third-order valence-corrected chi connectivity index (χ3v) is 4.44. The first kappa shape index (κ1) is 15.2. The van der Waals surface area contributed by atoms with Crippen molar-refractivity contribution in [3.8, 4) is 0 Å². The van der Waals surface area contributed by atoms with E-state index in [0.29, 0.717) is 18.0 Å². The van der Waals surface area contributed by atoms with Crippen molar-refractivity contribution in [2.75, 3.05) is 19.7 Å². The highest BCUT2D eigenvalue weighted by Crippen LogP contribution is 2.19. The minimum atomic E-state index is -0.0634. The van der Waals surface area contributed by atoms with Gasteiger partial charge in [0.05, 0.1) is 19.2 Å². The van der Waals surface area contributed by atoms with E-state index in [-0.39, 0.29) is 11.9 Å². The molecule has 0 atom stereocenters. The average molecular weight is 320 g/mol. The van der Waals surface area contributed by atoms with E-state index in [1.165, 1.54) is 0 Å². The number of fused-ring (bicyclic) bond motifs is 1. The molecule has 0 radical (unpaired) electrons. The number of carbonyl (C=O) groups is 1. The molecule has 3 rings (SSSR count). The second-order valence-corrected chi connectivity index (χ2v) is 5.86. The van der Waals surface area contributed by atoms with Gasteiger partial charge in [0, 0.05) is 19.3 Å². The number of piperidine rings is 1. The standard InChI is InChI=1S/C15H20N4O2S/c1-2-21-14(20)12-6-9-17(10-7-12)11-19-15(22)18-8-4-3-5-13(18)16-19/h3-5,8,12H,2,6-7,9-11H2,1H3. The van der Waals surface area contributed by atoms with Crippen LogP contribution in [0.4, 0.5) is 0 Å². The van der Waals surface area contributed by atoms with Crippen LogP contribution in [0.25, 0.3) is 5.65 Å². The molecule has 2 aromatic rings. The van der Waals surface area contributed by atoms with Gasteiger partial charge in [-0.15, -0.1) is 0 Å². The quantitative estimate of drug-likeness (QED) is 0.638. The number of ether oxygens (including phenoxy) is 1. The van der Waals surface area contributed by atoms with E-state index >= 15 is 0 Å². The summed E-state index contributed by atoms with van der Waals surface area (Å²) in [5, 5.41) is 4.53. The Morgan fingerprint density at radius 1 is 1.41 bits per heavy atom. The fourth-order valence-electron chi connectivity index (χ4n) is 2.82. The van der Waals surface area contributed by atoms with Crippen LogP contribution in [0.1, 0.15) is 19.8 Å². The van der Waals surface area contributed by atoms with Crippen molar-refractivity contribution in [1.29, 1.82) is 0 Å². The number of pyridine rings is 1. The first-order chi connectivity index (χ1) is 10.7. The third kappa shape index (κ3) is 3.05. The lowest BCUT2D eigenvalue weighted by Gasteiger charge is -2.30. The molecular formula is C15H20N4O2S. The van der Waals surface area contributed by atoms with Gasteiger partial charge in [0.2, 0.25) is 4.77 Å². The molecule has 0 spiro atoms. The van der Waals surface area contributed by atoms with Crippen LogP contribution in [-0.4, -0.2) is 44.7 Å². The molecule has 1 aliphatic heterocycles. The molecule has 2 aromatic heterocycles. The van der Waals surface area contributed by atoms with Crippen LogP contribution >= 0.6 is 12.2 Å². The zero-order valence-corrected chi connectivity index (χ0v) is 13.5. The van der Waals surface area contributed by atoms with Gasteiger partial charge in [0.15, 0.2) is 5.65 Å². The van der Waals surface area contributed by atoms with E-state index in [4.69, 9.17) is 17.0 Å². The molecule has 1 aliphatic rings. The monoisotopic (exact) mass is 320 g/mol. The van der Waals surface area contributed by atoms with Crippen LogP contribution in [0.5, 0.6) is 0 Å². The van der Waals surface area contributed by atoms with E-state index in [2.05, 4.69) is 10.00 Å². The van der Waals surface area contributed by atoms with Crippen molar-refractivity contribution in [1.82, 2.24) is 19.1 Å².